The van der Waals surface area contributed by atoms with Gasteiger partial charge in [0.1, 0.15) is 17.3 Å². The molecule has 0 aliphatic carbocycles. The molecule has 0 bridgehead atoms. The molecule has 4 heterocycles. The van der Waals surface area contributed by atoms with Crippen LogP contribution in [0, 0.1) is 6.92 Å². The number of nitrogens with zero attached hydrogens (tertiary/aromatic N) is 5. The molecular formula is C27H31N5O. The maximum atomic E-state index is 13.0. The summed E-state index contributed by atoms with van der Waals surface area (Å²) in [6.45, 7) is 5.52. The number of aromatic nitrogens is 3. The highest BCUT2D eigenvalue weighted by atomic mass is 16.2. The smallest absolute Gasteiger partial charge is 0.272 e. The molecule has 2 aromatic heterocycles. The molecule has 170 valence electrons. The van der Waals surface area contributed by atoms with Crippen molar-refractivity contribution < 1.29 is 4.79 Å². The fourth-order valence-electron chi connectivity index (χ4n) is 5.04. The van der Waals surface area contributed by atoms with E-state index in [1.54, 1.807) is 12.3 Å². The summed E-state index contributed by atoms with van der Waals surface area (Å²) < 4.78 is 0. The van der Waals surface area contributed by atoms with E-state index in [1.165, 1.54) is 11.1 Å². The molecule has 3 aromatic rings. The minimum atomic E-state index is -0.000491. The number of hydrogen-bond acceptors (Lipinski definition) is 5. The van der Waals surface area contributed by atoms with Crippen LogP contribution in [0.4, 0.5) is 5.82 Å². The maximum Gasteiger partial charge on any atom is 0.272 e. The van der Waals surface area contributed by atoms with E-state index in [1.807, 2.05) is 17.0 Å². The Hall–Kier alpha value is -3.28. The van der Waals surface area contributed by atoms with E-state index in [9.17, 15) is 4.79 Å². The van der Waals surface area contributed by atoms with Crippen molar-refractivity contribution in [3.8, 4) is 0 Å². The van der Waals surface area contributed by atoms with Crippen LogP contribution in [-0.2, 0) is 12.8 Å². The molecule has 6 heteroatoms. The topological polar surface area (TPSA) is 62.2 Å². The number of hydrogen-bond donors (Lipinski definition) is 0. The number of aryl methyl sites for hydroxylation is 1. The molecule has 1 amide bonds. The average Bonchev–Trinajstić information content (AvgIpc) is 2.88. The molecule has 33 heavy (non-hydrogen) atoms. The Morgan fingerprint density at radius 1 is 1.03 bits per heavy atom. The van der Waals surface area contributed by atoms with Crippen molar-refractivity contribution in [3.05, 3.63) is 83.1 Å². The Kier molecular flexibility index (Phi) is 6.33. The van der Waals surface area contributed by atoms with Crippen LogP contribution in [-0.4, -0.2) is 51.9 Å². The summed E-state index contributed by atoms with van der Waals surface area (Å²) in [6, 6.07) is 16.1. The van der Waals surface area contributed by atoms with Crippen LogP contribution in [0.25, 0.3) is 0 Å². The second-order valence-corrected chi connectivity index (χ2v) is 9.10. The first-order valence-electron chi connectivity index (χ1n) is 12.1. The molecule has 0 radical (unpaired) electrons. The van der Waals surface area contributed by atoms with Crippen LogP contribution >= 0.6 is 0 Å². The van der Waals surface area contributed by atoms with Gasteiger partial charge in [0.25, 0.3) is 5.91 Å². The van der Waals surface area contributed by atoms with Crippen molar-refractivity contribution in [2.75, 3.05) is 31.1 Å². The summed E-state index contributed by atoms with van der Waals surface area (Å²) in [6.07, 6.45) is 6.83. The lowest BCUT2D eigenvalue weighted by atomic mass is 9.95. The summed E-state index contributed by atoms with van der Waals surface area (Å²) in [5.74, 6) is 2.15. The minimum absolute atomic E-state index is 0.000491. The van der Waals surface area contributed by atoms with Crippen LogP contribution in [0.1, 0.15) is 58.3 Å². The largest absolute Gasteiger partial charge is 0.356 e. The lowest BCUT2D eigenvalue weighted by Gasteiger charge is -2.34. The van der Waals surface area contributed by atoms with Crippen molar-refractivity contribution in [2.24, 2.45) is 0 Å². The number of rotatable bonds is 5. The fraction of sp³-hybridized carbons (Fsp3) is 0.407. The lowest BCUT2D eigenvalue weighted by Crippen LogP contribution is -2.40. The second-order valence-electron chi connectivity index (χ2n) is 9.10. The monoisotopic (exact) mass is 441 g/mol. The van der Waals surface area contributed by atoms with Crippen LogP contribution < -0.4 is 4.90 Å². The molecule has 0 spiro atoms. The van der Waals surface area contributed by atoms with Gasteiger partial charge in [0, 0.05) is 49.6 Å². The molecule has 1 aromatic carbocycles. The summed E-state index contributed by atoms with van der Waals surface area (Å²) in [5, 5.41) is 0. The van der Waals surface area contributed by atoms with Gasteiger partial charge in [-0.2, -0.15) is 0 Å². The van der Waals surface area contributed by atoms with Crippen LogP contribution in [0.2, 0.25) is 0 Å². The number of benzene rings is 1. The van der Waals surface area contributed by atoms with E-state index in [0.717, 1.165) is 69.1 Å². The number of anilines is 1. The van der Waals surface area contributed by atoms with E-state index in [0.29, 0.717) is 12.2 Å². The SMILES string of the molecule is Cc1nc([C@H]2CCCN(C(=O)c3ccccn3)C2)nc2c1CCCN2CCc1ccccc1. The number of amides is 1. The minimum Gasteiger partial charge on any atom is -0.356 e. The molecule has 0 unspecified atom stereocenters. The number of piperidine rings is 1. The number of fused-ring (bicyclic) bond motifs is 1. The number of carbonyl (C=O) groups excluding carboxylic acids is 1. The van der Waals surface area contributed by atoms with Gasteiger partial charge in [0.15, 0.2) is 0 Å². The van der Waals surface area contributed by atoms with E-state index in [2.05, 4.69) is 47.1 Å². The van der Waals surface area contributed by atoms with Gasteiger partial charge in [-0.15, -0.1) is 0 Å². The molecule has 1 fully saturated rings. The van der Waals surface area contributed by atoms with E-state index < -0.39 is 0 Å². The van der Waals surface area contributed by atoms with Crippen LogP contribution in [0.15, 0.2) is 54.7 Å². The fourth-order valence-corrected chi connectivity index (χ4v) is 5.04. The normalized spacial score (nSPS) is 18.2. The molecule has 0 N–H and O–H groups in total. The zero-order valence-electron chi connectivity index (χ0n) is 19.3. The summed E-state index contributed by atoms with van der Waals surface area (Å²) in [4.78, 5) is 31.6. The first-order chi connectivity index (χ1) is 16.2. The van der Waals surface area contributed by atoms with Gasteiger partial charge < -0.3 is 9.80 Å². The Bertz CT molecular complexity index is 1100. The van der Waals surface area contributed by atoms with Crippen molar-refractivity contribution >= 4 is 11.7 Å². The highest BCUT2D eigenvalue weighted by molar-refractivity contribution is 5.92. The van der Waals surface area contributed by atoms with Gasteiger partial charge >= 0.3 is 0 Å². The molecule has 0 saturated carbocycles. The van der Waals surface area contributed by atoms with Gasteiger partial charge in [-0.05, 0) is 56.7 Å². The van der Waals surface area contributed by atoms with Gasteiger partial charge in [0.05, 0.1) is 0 Å². The zero-order chi connectivity index (χ0) is 22.6. The molecule has 5 rings (SSSR count). The van der Waals surface area contributed by atoms with Crippen molar-refractivity contribution in [1.29, 1.82) is 0 Å². The predicted molar refractivity (Wildman–Crippen MR) is 130 cm³/mol. The highest BCUT2D eigenvalue weighted by Crippen LogP contribution is 2.32. The predicted octanol–water partition coefficient (Wildman–Crippen LogP) is 4.20. The van der Waals surface area contributed by atoms with Crippen molar-refractivity contribution in [1.82, 2.24) is 19.9 Å². The van der Waals surface area contributed by atoms with Crippen molar-refractivity contribution in [2.45, 2.75) is 44.9 Å². The van der Waals surface area contributed by atoms with Gasteiger partial charge in [-0.3, -0.25) is 9.78 Å². The number of carbonyl (C=O) groups is 1. The maximum absolute atomic E-state index is 13.0. The third kappa shape index (κ3) is 4.75. The molecule has 6 nitrogen and oxygen atoms in total. The van der Waals surface area contributed by atoms with Crippen LogP contribution in [0.5, 0.6) is 0 Å². The summed E-state index contributed by atoms with van der Waals surface area (Å²) in [5.41, 5.74) is 4.24. The Labute approximate surface area is 195 Å². The highest BCUT2D eigenvalue weighted by Gasteiger charge is 2.30. The standard InChI is InChI=1S/C27H31N5O/c1-20-23-12-8-16-31(18-14-21-9-3-2-4-10-21)26(23)30-25(29-20)22-11-7-17-32(19-22)27(33)24-13-5-6-15-28-24/h2-6,9-10,13,15,22H,7-8,11-12,14,16-19H2,1H3/t22-/m0/s1. The Morgan fingerprint density at radius 3 is 2.70 bits per heavy atom. The first kappa shape index (κ1) is 21.6. The lowest BCUT2D eigenvalue weighted by molar-refractivity contribution is 0.0698. The second kappa shape index (κ2) is 9.69. The van der Waals surface area contributed by atoms with E-state index in [-0.39, 0.29) is 11.8 Å². The first-order valence-corrected chi connectivity index (χ1v) is 12.1. The molecule has 1 saturated heterocycles. The quantitative estimate of drug-likeness (QED) is 0.594. The average molecular weight is 442 g/mol. The Morgan fingerprint density at radius 2 is 1.88 bits per heavy atom. The Balaban J connectivity index is 1.35. The van der Waals surface area contributed by atoms with E-state index >= 15 is 0 Å². The third-order valence-electron chi connectivity index (χ3n) is 6.83. The van der Waals surface area contributed by atoms with E-state index in [4.69, 9.17) is 9.97 Å². The molecule has 2 aliphatic rings. The summed E-state index contributed by atoms with van der Waals surface area (Å²) >= 11 is 0. The summed E-state index contributed by atoms with van der Waals surface area (Å²) in [7, 11) is 0. The van der Waals surface area contributed by atoms with Gasteiger partial charge in [-0.1, -0.05) is 36.4 Å². The van der Waals surface area contributed by atoms with Crippen molar-refractivity contribution in [3.63, 3.8) is 0 Å². The molecule has 2 aliphatic heterocycles. The molecule has 1 atom stereocenters. The zero-order valence-corrected chi connectivity index (χ0v) is 19.3. The number of likely N-dealkylation sites (tertiary alicyclic amines) is 1. The molecular weight excluding hydrogens is 410 g/mol. The third-order valence-corrected chi connectivity index (χ3v) is 6.83. The van der Waals surface area contributed by atoms with Gasteiger partial charge in [-0.25, -0.2) is 9.97 Å². The van der Waals surface area contributed by atoms with Gasteiger partial charge in [0.2, 0.25) is 0 Å². The van der Waals surface area contributed by atoms with Crippen LogP contribution in [0.3, 0.4) is 0 Å². The number of pyridine rings is 1.